The standard InChI is InChI=1S/C16H20N2O3/c1-10-2-7-14(13(8-10)15(19)20)17-16(21)18(12-5-6-12)9-11-3-4-11/h2,7-8,11-12H,3-6,9H2,1H3,(H,17,21)(H,19,20). The van der Waals surface area contributed by atoms with Crippen molar-refractivity contribution in [2.45, 2.75) is 38.6 Å². The predicted molar refractivity (Wildman–Crippen MR) is 79.6 cm³/mol. The second kappa shape index (κ2) is 5.39. The lowest BCUT2D eigenvalue weighted by molar-refractivity contribution is 0.0698. The van der Waals surface area contributed by atoms with E-state index in [-0.39, 0.29) is 11.6 Å². The Morgan fingerprint density at radius 1 is 1.29 bits per heavy atom. The van der Waals surface area contributed by atoms with Gasteiger partial charge in [-0.3, -0.25) is 0 Å². The van der Waals surface area contributed by atoms with Crippen LogP contribution < -0.4 is 5.32 Å². The molecule has 2 aliphatic carbocycles. The minimum atomic E-state index is -1.02. The zero-order valence-corrected chi connectivity index (χ0v) is 12.1. The summed E-state index contributed by atoms with van der Waals surface area (Å²) in [5.74, 6) is -0.387. The summed E-state index contributed by atoms with van der Waals surface area (Å²) in [6, 6.07) is 5.23. The second-order valence-electron chi connectivity index (χ2n) is 6.11. The van der Waals surface area contributed by atoms with Gasteiger partial charge >= 0.3 is 12.0 Å². The van der Waals surface area contributed by atoms with Gasteiger partial charge in [-0.2, -0.15) is 0 Å². The van der Waals surface area contributed by atoms with E-state index in [0.29, 0.717) is 17.6 Å². The van der Waals surface area contributed by atoms with Gasteiger partial charge in [0.25, 0.3) is 0 Å². The van der Waals surface area contributed by atoms with Crippen LogP contribution >= 0.6 is 0 Å². The molecule has 1 aromatic carbocycles. The average molecular weight is 288 g/mol. The van der Waals surface area contributed by atoms with Crippen molar-refractivity contribution in [2.75, 3.05) is 11.9 Å². The third-order valence-electron chi connectivity index (χ3n) is 4.05. The normalized spacial score (nSPS) is 17.4. The number of aromatic carboxylic acids is 1. The summed E-state index contributed by atoms with van der Waals surface area (Å²) >= 11 is 0. The number of anilines is 1. The molecular weight excluding hydrogens is 268 g/mol. The van der Waals surface area contributed by atoms with Crippen LogP contribution in [0.4, 0.5) is 10.5 Å². The largest absolute Gasteiger partial charge is 0.478 e. The first kappa shape index (κ1) is 13.9. The van der Waals surface area contributed by atoms with Gasteiger partial charge in [-0.25, -0.2) is 9.59 Å². The summed E-state index contributed by atoms with van der Waals surface area (Å²) in [6.45, 7) is 2.63. The maximum Gasteiger partial charge on any atom is 0.337 e. The highest BCUT2D eigenvalue weighted by Gasteiger charge is 2.36. The van der Waals surface area contributed by atoms with Crippen LogP contribution in [-0.2, 0) is 0 Å². The van der Waals surface area contributed by atoms with E-state index < -0.39 is 5.97 Å². The quantitative estimate of drug-likeness (QED) is 0.874. The van der Waals surface area contributed by atoms with Crippen LogP contribution in [0.3, 0.4) is 0 Å². The number of rotatable bonds is 5. The lowest BCUT2D eigenvalue weighted by Crippen LogP contribution is -2.38. The molecule has 0 heterocycles. The number of benzene rings is 1. The molecule has 2 amide bonds. The Kier molecular flexibility index (Phi) is 3.57. The Bertz CT molecular complexity index is 577. The van der Waals surface area contributed by atoms with Crippen molar-refractivity contribution >= 4 is 17.7 Å². The van der Waals surface area contributed by atoms with Crippen LogP contribution in [0.25, 0.3) is 0 Å². The number of hydrogen-bond donors (Lipinski definition) is 2. The summed E-state index contributed by atoms with van der Waals surface area (Å²) in [5, 5.41) is 12.0. The van der Waals surface area contributed by atoms with Crippen molar-refractivity contribution in [1.29, 1.82) is 0 Å². The number of aryl methyl sites for hydroxylation is 1. The SMILES string of the molecule is Cc1ccc(NC(=O)N(CC2CC2)C2CC2)c(C(=O)O)c1. The first-order chi connectivity index (χ1) is 10.0. The molecule has 2 saturated carbocycles. The summed E-state index contributed by atoms with van der Waals surface area (Å²) in [4.78, 5) is 25.6. The smallest absolute Gasteiger partial charge is 0.337 e. The summed E-state index contributed by atoms with van der Waals surface area (Å²) < 4.78 is 0. The molecule has 0 aromatic heterocycles. The molecule has 2 N–H and O–H groups in total. The summed E-state index contributed by atoms with van der Waals surface area (Å²) in [7, 11) is 0. The molecule has 2 aliphatic rings. The predicted octanol–water partition coefficient (Wildman–Crippen LogP) is 3.10. The van der Waals surface area contributed by atoms with Crippen LogP contribution in [-0.4, -0.2) is 34.6 Å². The molecule has 1 aromatic rings. The van der Waals surface area contributed by atoms with E-state index in [1.54, 1.807) is 12.1 Å². The maximum absolute atomic E-state index is 12.4. The fraction of sp³-hybridized carbons (Fsp3) is 0.500. The van der Waals surface area contributed by atoms with E-state index in [0.717, 1.165) is 24.9 Å². The molecule has 0 saturated heterocycles. The van der Waals surface area contributed by atoms with Crippen molar-refractivity contribution < 1.29 is 14.7 Å². The van der Waals surface area contributed by atoms with Crippen LogP contribution in [0, 0.1) is 12.8 Å². The summed E-state index contributed by atoms with van der Waals surface area (Å²) in [6.07, 6.45) is 4.50. The molecule has 0 radical (unpaired) electrons. The van der Waals surface area contributed by atoms with Crippen LogP contribution in [0.5, 0.6) is 0 Å². The molecule has 0 aliphatic heterocycles. The number of carbonyl (C=O) groups is 2. The number of carboxylic acids is 1. The first-order valence-corrected chi connectivity index (χ1v) is 7.46. The van der Waals surface area contributed by atoms with Gasteiger partial charge in [-0.05, 0) is 50.7 Å². The Morgan fingerprint density at radius 2 is 2.00 bits per heavy atom. The van der Waals surface area contributed by atoms with Crippen molar-refractivity contribution in [3.8, 4) is 0 Å². The molecule has 112 valence electrons. The molecule has 2 fully saturated rings. The van der Waals surface area contributed by atoms with E-state index in [9.17, 15) is 14.7 Å². The lowest BCUT2D eigenvalue weighted by Gasteiger charge is -2.23. The topological polar surface area (TPSA) is 69.6 Å². The second-order valence-corrected chi connectivity index (χ2v) is 6.11. The lowest BCUT2D eigenvalue weighted by atomic mass is 10.1. The van der Waals surface area contributed by atoms with Crippen molar-refractivity contribution in [3.05, 3.63) is 29.3 Å². The molecule has 0 bridgehead atoms. The highest BCUT2D eigenvalue weighted by Crippen LogP contribution is 2.35. The maximum atomic E-state index is 12.4. The number of nitrogens with zero attached hydrogens (tertiary/aromatic N) is 1. The van der Waals surface area contributed by atoms with Gasteiger partial charge in [0.15, 0.2) is 0 Å². The van der Waals surface area contributed by atoms with E-state index >= 15 is 0 Å². The van der Waals surface area contributed by atoms with Crippen molar-refractivity contribution in [1.82, 2.24) is 4.90 Å². The van der Waals surface area contributed by atoms with Gasteiger partial charge in [0.05, 0.1) is 11.3 Å². The van der Waals surface area contributed by atoms with Crippen molar-refractivity contribution in [2.24, 2.45) is 5.92 Å². The highest BCUT2D eigenvalue weighted by atomic mass is 16.4. The third-order valence-corrected chi connectivity index (χ3v) is 4.05. The molecule has 3 rings (SSSR count). The number of nitrogens with one attached hydrogen (secondary N) is 1. The molecule has 0 unspecified atom stereocenters. The van der Waals surface area contributed by atoms with Crippen molar-refractivity contribution in [3.63, 3.8) is 0 Å². The zero-order valence-electron chi connectivity index (χ0n) is 12.1. The molecule has 0 spiro atoms. The fourth-order valence-electron chi connectivity index (χ4n) is 2.49. The Hall–Kier alpha value is -2.04. The molecular formula is C16H20N2O3. The van der Waals surface area contributed by atoms with Crippen LogP contribution in [0.1, 0.15) is 41.6 Å². The van der Waals surface area contributed by atoms with E-state index in [1.807, 2.05) is 17.9 Å². The van der Waals surface area contributed by atoms with Gasteiger partial charge < -0.3 is 15.3 Å². The van der Waals surface area contributed by atoms with Gasteiger partial charge in [-0.1, -0.05) is 11.6 Å². The molecule has 0 atom stereocenters. The number of urea groups is 1. The number of amides is 2. The van der Waals surface area contributed by atoms with Crippen LogP contribution in [0.15, 0.2) is 18.2 Å². The number of carboxylic acid groups (broad SMARTS) is 1. The van der Waals surface area contributed by atoms with E-state index in [2.05, 4.69) is 5.32 Å². The average Bonchev–Trinajstić information content (AvgIpc) is 3.31. The number of carbonyl (C=O) groups excluding carboxylic acids is 1. The molecule has 5 heteroatoms. The minimum Gasteiger partial charge on any atom is -0.478 e. The monoisotopic (exact) mass is 288 g/mol. The van der Waals surface area contributed by atoms with E-state index in [1.165, 1.54) is 12.8 Å². The van der Waals surface area contributed by atoms with Crippen LogP contribution in [0.2, 0.25) is 0 Å². The van der Waals surface area contributed by atoms with Gasteiger partial charge in [0, 0.05) is 12.6 Å². The Labute approximate surface area is 123 Å². The molecule has 5 nitrogen and oxygen atoms in total. The van der Waals surface area contributed by atoms with Gasteiger partial charge in [0.1, 0.15) is 0 Å². The summed E-state index contributed by atoms with van der Waals surface area (Å²) in [5.41, 5.74) is 1.38. The minimum absolute atomic E-state index is 0.144. The Balaban J connectivity index is 1.75. The first-order valence-electron chi connectivity index (χ1n) is 7.46. The third kappa shape index (κ3) is 3.35. The highest BCUT2D eigenvalue weighted by molar-refractivity contribution is 6.00. The van der Waals surface area contributed by atoms with Gasteiger partial charge in [-0.15, -0.1) is 0 Å². The molecule has 21 heavy (non-hydrogen) atoms. The number of hydrogen-bond acceptors (Lipinski definition) is 2. The van der Waals surface area contributed by atoms with Gasteiger partial charge in [0.2, 0.25) is 0 Å². The van der Waals surface area contributed by atoms with E-state index in [4.69, 9.17) is 0 Å². The zero-order chi connectivity index (χ0) is 15.0. The fourth-order valence-corrected chi connectivity index (χ4v) is 2.49. The Morgan fingerprint density at radius 3 is 2.57 bits per heavy atom.